The van der Waals surface area contributed by atoms with Crippen LogP contribution in [0.25, 0.3) is 0 Å². The lowest BCUT2D eigenvalue weighted by Gasteiger charge is -2.13. The van der Waals surface area contributed by atoms with Gasteiger partial charge < -0.3 is 5.73 Å². The fourth-order valence-corrected chi connectivity index (χ4v) is 1.95. The molecule has 1 amide bonds. The number of carbonyl (C=O) groups is 1. The quantitative estimate of drug-likeness (QED) is 0.920. The summed E-state index contributed by atoms with van der Waals surface area (Å²) < 4.78 is 37.3. The lowest BCUT2D eigenvalue weighted by molar-refractivity contribution is -0.137. The van der Waals surface area contributed by atoms with Crippen LogP contribution in [-0.2, 0) is 11.0 Å². The highest BCUT2D eigenvalue weighted by atomic mass is 19.4. The number of amides is 1. The number of nitrogens with two attached hydrogens (primary N) is 1. The minimum Gasteiger partial charge on any atom is -0.330 e. The predicted molar refractivity (Wildman–Crippen MR) is 67.0 cm³/mol. The van der Waals surface area contributed by atoms with E-state index in [1.54, 1.807) is 6.92 Å². The minimum atomic E-state index is -4.46. The van der Waals surface area contributed by atoms with Crippen LogP contribution in [0.5, 0.6) is 0 Å². The standard InChI is InChI=1S/C12H13F3N4O/c1-7-9(4-5-16)11(20)19(18-7)10-3-2-8(6-17-10)12(13,14)15/h2-3,6,9H,4-5,16H2,1H3. The van der Waals surface area contributed by atoms with Crippen LogP contribution in [0.1, 0.15) is 18.9 Å². The number of alkyl halides is 3. The molecule has 0 aromatic carbocycles. The van der Waals surface area contributed by atoms with Gasteiger partial charge in [-0.2, -0.15) is 23.3 Å². The number of hydrogen-bond acceptors (Lipinski definition) is 4. The molecule has 20 heavy (non-hydrogen) atoms. The summed E-state index contributed by atoms with van der Waals surface area (Å²) >= 11 is 0. The first-order valence-electron chi connectivity index (χ1n) is 5.97. The Morgan fingerprint density at radius 1 is 1.40 bits per heavy atom. The van der Waals surface area contributed by atoms with E-state index in [4.69, 9.17) is 5.73 Å². The summed E-state index contributed by atoms with van der Waals surface area (Å²) in [5.41, 5.74) is 5.14. The molecule has 0 bridgehead atoms. The van der Waals surface area contributed by atoms with E-state index in [1.807, 2.05) is 0 Å². The summed E-state index contributed by atoms with van der Waals surface area (Å²) in [4.78, 5) is 15.7. The highest BCUT2D eigenvalue weighted by molar-refractivity contribution is 6.14. The van der Waals surface area contributed by atoms with Gasteiger partial charge in [-0.1, -0.05) is 0 Å². The van der Waals surface area contributed by atoms with Crippen molar-refractivity contribution in [3.05, 3.63) is 23.9 Å². The van der Waals surface area contributed by atoms with Crippen LogP contribution in [0, 0.1) is 5.92 Å². The third-order valence-corrected chi connectivity index (χ3v) is 3.02. The Hall–Kier alpha value is -1.96. The van der Waals surface area contributed by atoms with Crippen molar-refractivity contribution in [2.75, 3.05) is 11.6 Å². The van der Waals surface area contributed by atoms with E-state index in [0.29, 0.717) is 24.9 Å². The van der Waals surface area contributed by atoms with Crippen molar-refractivity contribution in [3.63, 3.8) is 0 Å². The van der Waals surface area contributed by atoms with Crippen LogP contribution in [0.2, 0.25) is 0 Å². The number of anilines is 1. The number of carbonyl (C=O) groups excluding carboxylic acids is 1. The topological polar surface area (TPSA) is 71.6 Å². The van der Waals surface area contributed by atoms with Crippen LogP contribution in [0.3, 0.4) is 0 Å². The van der Waals surface area contributed by atoms with Crippen LogP contribution < -0.4 is 10.7 Å². The summed E-state index contributed by atoms with van der Waals surface area (Å²) in [5, 5.41) is 5.06. The van der Waals surface area contributed by atoms with Gasteiger partial charge in [-0.15, -0.1) is 0 Å². The second-order valence-corrected chi connectivity index (χ2v) is 4.42. The zero-order valence-electron chi connectivity index (χ0n) is 10.7. The molecule has 0 fully saturated rings. The Morgan fingerprint density at radius 3 is 2.60 bits per heavy atom. The van der Waals surface area contributed by atoms with Crippen molar-refractivity contribution in [1.82, 2.24) is 4.98 Å². The molecule has 1 unspecified atom stereocenters. The zero-order valence-corrected chi connectivity index (χ0v) is 10.7. The fraction of sp³-hybridized carbons (Fsp3) is 0.417. The Balaban J connectivity index is 2.23. The molecule has 8 heteroatoms. The first kappa shape index (κ1) is 14.4. The van der Waals surface area contributed by atoms with E-state index in [-0.39, 0.29) is 11.7 Å². The number of aromatic nitrogens is 1. The normalized spacial score (nSPS) is 19.4. The molecule has 2 rings (SSSR count). The average Bonchev–Trinajstić information content (AvgIpc) is 2.66. The maximum atomic E-state index is 12.4. The van der Waals surface area contributed by atoms with Crippen molar-refractivity contribution in [1.29, 1.82) is 0 Å². The number of nitrogens with zero attached hydrogens (tertiary/aromatic N) is 3. The Labute approximate surface area is 113 Å². The fourth-order valence-electron chi connectivity index (χ4n) is 1.95. The molecule has 5 nitrogen and oxygen atoms in total. The van der Waals surface area contributed by atoms with Crippen LogP contribution >= 0.6 is 0 Å². The van der Waals surface area contributed by atoms with Gasteiger partial charge in [0.1, 0.15) is 0 Å². The van der Waals surface area contributed by atoms with Crippen molar-refractivity contribution in [3.8, 4) is 0 Å². The Morgan fingerprint density at radius 2 is 2.10 bits per heavy atom. The second kappa shape index (κ2) is 5.20. The van der Waals surface area contributed by atoms with Gasteiger partial charge in [0.15, 0.2) is 5.82 Å². The van der Waals surface area contributed by atoms with Crippen LogP contribution in [0.4, 0.5) is 19.0 Å². The molecule has 0 saturated carbocycles. The van der Waals surface area contributed by atoms with Gasteiger partial charge in [-0.3, -0.25) is 4.79 Å². The summed E-state index contributed by atoms with van der Waals surface area (Å²) in [7, 11) is 0. The molecule has 108 valence electrons. The van der Waals surface area contributed by atoms with Crippen molar-refractivity contribution in [2.24, 2.45) is 16.8 Å². The molecule has 2 N–H and O–H groups in total. The molecule has 1 aromatic heterocycles. The highest BCUT2D eigenvalue weighted by Crippen LogP contribution is 2.30. The highest BCUT2D eigenvalue weighted by Gasteiger charge is 2.35. The molecule has 0 saturated heterocycles. The van der Waals surface area contributed by atoms with E-state index < -0.39 is 17.7 Å². The third-order valence-electron chi connectivity index (χ3n) is 3.02. The summed E-state index contributed by atoms with van der Waals surface area (Å²) in [6.45, 7) is 2.01. The monoisotopic (exact) mass is 286 g/mol. The number of hydrazone groups is 1. The smallest absolute Gasteiger partial charge is 0.330 e. The van der Waals surface area contributed by atoms with E-state index in [0.717, 1.165) is 17.1 Å². The third kappa shape index (κ3) is 2.64. The molecule has 0 aliphatic carbocycles. The summed E-state index contributed by atoms with van der Waals surface area (Å²) in [6, 6.07) is 2.00. The second-order valence-electron chi connectivity index (χ2n) is 4.42. The predicted octanol–water partition coefficient (Wildman–Crippen LogP) is 1.79. The molecule has 1 atom stereocenters. The first-order valence-corrected chi connectivity index (χ1v) is 5.97. The van der Waals surface area contributed by atoms with Gasteiger partial charge in [0, 0.05) is 11.9 Å². The van der Waals surface area contributed by atoms with Gasteiger partial charge in [0.25, 0.3) is 5.91 Å². The molecule has 1 aromatic rings. The van der Waals surface area contributed by atoms with Crippen LogP contribution in [-0.4, -0.2) is 23.1 Å². The molecular formula is C12H13F3N4O. The number of halogens is 3. The molecule has 0 radical (unpaired) electrons. The Kier molecular flexibility index (Phi) is 3.76. The molecule has 1 aliphatic rings. The van der Waals surface area contributed by atoms with Crippen LogP contribution in [0.15, 0.2) is 23.4 Å². The van der Waals surface area contributed by atoms with Gasteiger partial charge in [-0.05, 0) is 32.0 Å². The number of pyridine rings is 1. The molecule has 2 heterocycles. The maximum absolute atomic E-state index is 12.4. The lowest BCUT2D eigenvalue weighted by atomic mass is 10.0. The van der Waals surface area contributed by atoms with Crippen molar-refractivity contribution in [2.45, 2.75) is 19.5 Å². The maximum Gasteiger partial charge on any atom is 0.417 e. The van der Waals surface area contributed by atoms with Crippen molar-refractivity contribution < 1.29 is 18.0 Å². The first-order chi connectivity index (χ1) is 9.34. The van der Waals surface area contributed by atoms with E-state index in [1.165, 1.54) is 0 Å². The van der Waals surface area contributed by atoms with E-state index >= 15 is 0 Å². The molecule has 1 aliphatic heterocycles. The number of rotatable bonds is 3. The lowest BCUT2D eigenvalue weighted by Crippen LogP contribution is -2.29. The zero-order chi connectivity index (χ0) is 14.9. The minimum absolute atomic E-state index is 0.0712. The Bertz CT molecular complexity index is 539. The summed E-state index contributed by atoms with van der Waals surface area (Å²) in [5.74, 6) is -0.675. The van der Waals surface area contributed by atoms with Gasteiger partial charge in [0.05, 0.1) is 11.5 Å². The molecular weight excluding hydrogens is 273 g/mol. The summed E-state index contributed by atoms with van der Waals surface area (Å²) in [6.07, 6.45) is -3.32. The van der Waals surface area contributed by atoms with Gasteiger partial charge in [-0.25, -0.2) is 4.98 Å². The molecule has 0 spiro atoms. The number of hydrogen-bond donors (Lipinski definition) is 1. The van der Waals surface area contributed by atoms with E-state index in [2.05, 4.69) is 10.1 Å². The van der Waals surface area contributed by atoms with Gasteiger partial charge >= 0.3 is 6.18 Å². The van der Waals surface area contributed by atoms with Crippen molar-refractivity contribution >= 4 is 17.4 Å². The van der Waals surface area contributed by atoms with E-state index in [9.17, 15) is 18.0 Å². The van der Waals surface area contributed by atoms with Gasteiger partial charge in [0.2, 0.25) is 0 Å². The average molecular weight is 286 g/mol. The largest absolute Gasteiger partial charge is 0.417 e. The SMILES string of the molecule is CC1=NN(c2ccc(C(F)(F)F)cn2)C(=O)C1CCN.